The summed E-state index contributed by atoms with van der Waals surface area (Å²) in [4.78, 5) is 24.2. The molecule has 2 rings (SSSR count). The molecule has 0 saturated carbocycles. The van der Waals surface area contributed by atoms with Crippen LogP contribution in [0.5, 0.6) is 0 Å². The fourth-order valence-corrected chi connectivity index (χ4v) is 3.47. The van der Waals surface area contributed by atoms with Crippen LogP contribution in [0.25, 0.3) is 0 Å². The van der Waals surface area contributed by atoms with Crippen molar-refractivity contribution in [1.82, 2.24) is 0 Å². The monoisotopic (exact) mass is 436 g/mol. The molecule has 0 N–H and O–H groups in total. The summed E-state index contributed by atoms with van der Waals surface area (Å²) < 4.78 is 27.8. The molecule has 0 spiro atoms. The topological polar surface area (TPSA) is 80.3 Å². The van der Waals surface area contributed by atoms with Gasteiger partial charge in [-0.3, -0.25) is 0 Å². The van der Waals surface area contributed by atoms with Gasteiger partial charge in [-0.1, -0.05) is 39.0 Å². The van der Waals surface area contributed by atoms with Crippen LogP contribution in [0.2, 0.25) is 18.1 Å². The van der Waals surface area contributed by atoms with Crippen molar-refractivity contribution in [2.45, 2.75) is 64.3 Å². The van der Waals surface area contributed by atoms with Gasteiger partial charge in [-0.15, -0.1) is 0 Å². The first-order chi connectivity index (χ1) is 14.0. The van der Waals surface area contributed by atoms with Crippen LogP contribution < -0.4 is 0 Å². The van der Waals surface area contributed by atoms with Gasteiger partial charge in [0.25, 0.3) is 0 Å². The maximum atomic E-state index is 12.3. The third-order valence-corrected chi connectivity index (χ3v) is 9.78. The number of carbonyl (C=O) groups is 2. The third kappa shape index (κ3) is 6.68. The van der Waals surface area contributed by atoms with Crippen molar-refractivity contribution >= 4 is 20.4 Å². The molecule has 0 bridgehead atoms. The highest BCUT2D eigenvalue weighted by Crippen LogP contribution is 2.37. The van der Waals surface area contributed by atoms with Crippen LogP contribution in [0.15, 0.2) is 42.5 Å². The molecule has 0 aromatic heterocycles. The van der Waals surface area contributed by atoms with Crippen LogP contribution in [0.4, 0.5) is 4.79 Å². The molecule has 0 saturated heterocycles. The molecule has 0 unspecified atom stereocenters. The van der Waals surface area contributed by atoms with Crippen molar-refractivity contribution in [1.29, 1.82) is 0 Å². The Balaban J connectivity index is 2.09. The molecular formula is C22H32O7Si. The summed E-state index contributed by atoms with van der Waals surface area (Å²) in [5.74, 6) is -0.501. The summed E-state index contributed by atoms with van der Waals surface area (Å²) in [5.41, 5.74) is 0.425. The molecule has 0 amide bonds. The second-order valence-electron chi connectivity index (χ2n) is 8.54. The van der Waals surface area contributed by atoms with Gasteiger partial charge < -0.3 is 23.4 Å². The van der Waals surface area contributed by atoms with E-state index in [1.807, 2.05) is 6.07 Å². The van der Waals surface area contributed by atoms with Crippen LogP contribution >= 0.6 is 0 Å². The number of benzene rings is 1. The zero-order chi connectivity index (χ0) is 22.4. The van der Waals surface area contributed by atoms with E-state index in [9.17, 15) is 9.59 Å². The lowest BCUT2D eigenvalue weighted by Crippen LogP contribution is -2.48. The van der Waals surface area contributed by atoms with Crippen LogP contribution in [-0.2, 0) is 23.4 Å². The molecule has 1 aliphatic heterocycles. The van der Waals surface area contributed by atoms with Crippen molar-refractivity contribution in [3.05, 3.63) is 48.0 Å². The molecule has 1 aromatic rings. The minimum atomic E-state index is -2.06. The van der Waals surface area contributed by atoms with Crippen molar-refractivity contribution in [3.63, 3.8) is 0 Å². The summed E-state index contributed by atoms with van der Waals surface area (Å²) in [6.45, 7) is 12.8. The van der Waals surface area contributed by atoms with Crippen molar-refractivity contribution in [3.8, 4) is 0 Å². The molecule has 0 aliphatic carbocycles. The largest absolute Gasteiger partial charge is 0.508 e. The number of ether oxygens (including phenoxy) is 4. The van der Waals surface area contributed by atoms with Gasteiger partial charge in [0.15, 0.2) is 14.4 Å². The van der Waals surface area contributed by atoms with Crippen molar-refractivity contribution in [2.24, 2.45) is 0 Å². The van der Waals surface area contributed by atoms with Crippen molar-refractivity contribution < 1.29 is 33.0 Å². The maximum absolute atomic E-state index is 12.3. The molecule has 8 heteroatoms. The Morgan fingerprint density at radius 1 is 1.07 bits per heavy atom. The van der Waals surface area contributed by atoms with Gasteiger partial charge in [-0.2, -0.15) is 0 Å². The van der Waals surface area contributed by atoms with E-state index in [0.717, 1.165) is 0 Å². The zero-order valence-electron chi connectivity index (χ0n) is 18.5. The second kappa shape index (κ2) is 10.2. The molecule has 30 heavy (non-hydrogen) atoms. The van der Waals surface area contributed by atoms with Gasteiger partial charge in [0.1, 0.15) is 6.10 Å². The molecule has 166 valence electrons. The quantitative estimate of drug-likeness (QED) is 0.348. The minimum Gasteiger partial charge on any atom is -0.435 e. The first-order valence-electron chi connectivity index (χ1n) is 10.1. The Kier molecular flexibility index (Phi) is 8.23. The number of carbonyl (C=O) groups excluding carboxylic acids is 2. The zero-order valence-corrected chi connectivity index (χ0v) is 19.5. The first-order valence-corrected chi connectivity index (χ1v) is 13.0. The average molecular weight is 437 g/mol. The van der Waals surface area contributed by atoms with Gasteiger partial charge in [-0.25, -0.2) is 9.59 Å². The SMILES string of the molecule is CCOC(=O)O[C@H]1C=C[C@@H](OC(=O)c2ccccc2)O[C@@H]1CO[Si](C)(C)C(C)(C)C. The standard InChI is InChI=1S/C22H32O7Si/c1-7-25-21(24)28-17-13-14-19(29-20(23)16-11-9-8-10-12-16)27-18(17)15-26-30(5,6)22(2,3)4/h8-14,17-19H,7,15H2,1-6H3/t17-,18+,19+/m0/s1. The molecule has 3 atom stereocenters. The van der Waals surface area contributed by atoms with Gasteiger partial charge in [0.05, 0.1) is 18.8 Å². The predicted octanol–water partition coefficient (Wildman–Crippen LogP) is 4.69. The van der Waals surface area contributed by atoms with Crippen LogP contribution in [0, 0.1) is 0 Å². The smallest absolute Gasteiger partial charge is 0.435 e. The highest BCUT2D eigenvalue weighted by Gasteiger charge is 2.40. The Hall–Kier alpha value is -2.16. The number of hydrogen-bond donors (Lipinski definition) is 0. The van der Waals surface area contributed by atoms with E-state index in [2.05, 4.69) is 33.9 Å². The van der Waals surface area contributed by atoms with E-state index >= 15 is 0 Å². The molecule has 1 aliphatic rings. The van der Waals surface area contributed by atoms with E-state index in [-0.39, 0.29) is 18.3 Å². The lowest BCUT2D eigenvalue weighted by atomic mass is 10.1. The van der Waals surface area contributed by atoms with Crippen LogP contribution in [0.1, 0.15) is 38.1 Å². The third-order valence-electron chi connectivity index (χ3n) is 5.28. The van der Waals surface area contributed by atoms with E-state index in [1.165, 1.54) is 0 Å². The van der Waals surface area contributed by atoms with Gasteiger partial charge in [0.2, 0.25) is 6.29 Å². The second-order valence-corrected chi connectivity index (χ2v) is 13.3. The summed E-state index contributed by atoms with van der Waals surface area (Å²) >= 11 is 0. The lowest BCUT2D eigenvalue weighted by Gasteiger charge is -2.39. The van der Waals surface area contributed by atoms with E-state index in [4.69, 9.17) is 23.4 Å². The van der Waals surface area contributed by atoms with Gasteiger partial charge in [-0.05, 0) is 49.3 Å². The van der Waals surface area contributed by atoms with Crippen LogP contribution in [-0.4, -0.2) is 52.2 Å². The van der Waals surface area contributed by atoms with E-state index in [0.29, 0.717) is 5.56 Å². The molecular weight excluding hydrogens is 404 g/mol. The molecule has 7 nitrogen and oxygen atoms in total. The van der Waals surface area contributed by atoms with Crippen LogP contribution in [0.3, 0.4) is 0 Å². The lowest BCUT2D eigenvalue weighted by molar-refractivity contribution is -0.160. The normalized spacial score (nSPS) is 21.7. The number of rotatable bonds is 7. The minimum absolute atomic E-state index is 0.00811. The maximum Gasteiger partial charge on any atom is 0.508 e. The highest BCUT2D eigenvalue weighted by molar-refractivity contribution is 6.74. The predicted molar refractivity (Wildman–Crippen MR) is 115 cm³/mol. The summed E-state index contributed by atoms with van der Waals surface area (Å²) in [6, 6.07) is 8.67. The fourth-order valence-electron chi connectivity index (χ4n) is 2.45. The number of esters is 1. The summed E-state index contributed by atoms with van der Waals surface area (Å²) in [7, 11) is -2.06. The van der Waals surface area contributed by atoms with Gasteiger partial charge in [0, 0.05) is 0 Å². The first kappa shape index (κ1) is 24.1. The Bertz CT molecular complexity index is 740. The van der Waals surface area contributed by atoms with Gasteiger partial charge >= 0.3 is 12.1 Å². The Morgan fingerprint density at radius 3 is 2.33 bits per heavy atom. The molecule has 1 heterocycles. The molecule has 1 aromatic carbocycles. The average Bonchev–Trinajstić information content (AvgIpc) is 2.68. The highest BCUT2D eigenvalue weighted by atomic mass is 28.4. The molecule has 0 fully saturated rings. The Morgan fingerprint density at radius 2 is 1.73 bits per heavy atom. The summed E-state index contributed by atoms with van der Waals surface area (Å²) in [5, 5.41) is 0.00811. The van der Waals surface area contributed by atoms with Crippen molar-refractivity contribution in [2.75, 3.05) is 13.2 Å². The fraction of sp³-hybridized carbons (Fsp3) is 0.545. The number of hydrogen-bond acceptors (Lipinski definition) is 7. The Labute approximate surface area is 179 Å². The molecule has 0 radical (unpaired) electrons. The van der Waals surface area contributed by atoms with E-state index in [1.54, 1.807) is 43.3 Å². The van der Waals surface area contributed by atoms with E-state index < -0.39 is 38.9 Å². The summed E-state index contributed by atoms with van der Waals surface area (Å²) in [6.07, 6.45) is 0.152.